The Hall–Kier alpha value is -1.08. The van der Waals surface area contributed by atoms with E-state index in [-0.39, 0.29) is 12.3 Å². The highest BCUT2D eigenvalue weighted by atomic mass is 32.2. The Bertz CT molecular complexity index is 581. The molecule has 1 fully saturated rings. The van der Waals surface area contributed by atoms with E-state index in [4.69, 9.17) is 0 Å². The fraction of sp³-hybridized carbons (Fsp3) is 0.538. The first kappa shape index (κ1) is 15.3. The third kappa shape index (κ3) is 3.32. The minimum atomic E-state index is -3.10. The summed E-state index contributed by atoms with van der Waals surface area (Å²) in [6, 6.07) is 1.89. The maximum absolute atomic E-state index is 13.1. The van der Waals surface area contributed by atoms with Gasteiger partial charge in [-0.25, -0.2) is 21.6 Å². The van der Waals surface area contributed by atoms with Crippen LogP contribution < -0.4 is 0 Å². The second-order valence-corrected chi connectivity index (χ2v) is 7.65. The first-order chi connectivity index (χ1) is 9.29. The van der Waals surface area contributed by atoms with Gasteiger partial charge in [-0.1, -0.05) is 0 Å². The van der Waals surface area contributed by atoms with Crippen molar-refractivity contribution in [2.45, 2.75) is 25.1 Å². The molecule has 1 aliphatic rings. The zero-order valence-electron chi connectivity index (χ0n) is 11.1. The molecule has 1 aromatic rings. The van der Waals surface area contributed by atoms with Crippen molar-refractivity contribution in [3.63, 3.8) is 0 Å². The van der Waals surface area contributed by atoms with Crippen LogP contribution in [0.5, 0.6) is 0 Å². The molecule has 1 aromatic carbocycles. The summed E-state index contributed by atoms with van der Waals surface area (Å²) in [4.78, 5) is 1.81. The number of benzene rings is 1. The quantitative estimate of drug-likeness (QED) is 0.785. The summed E-state index contributed by atoms with van der Waals surface area (Å²) in [6.45, 7) is 2.71. The van der Waals surface area contributed by atoms with Gasteiger partial charge in [-0.05, 0) is 37.6 Å². The second-order valence-electron chi connectivity index (χ2n) is 5.12. The van der Waals surface area contributed by atoms with Crippen molar-refractivity contribution in [3.05, 3.63) is 35.1 Å². The number of sulfone groups is 1. The van der Waals surface area contributed by atoms with Crippen molar-refractivity contribution in [1.29, 1.82) is 0 Å². The van der Waals surface area contributed by atoms with Gasteiger partial charge in [-0.3, -0.25) is 4.90 Å². The molecule has 112 valence electrons. The third-order valence-electron chi connectivity index (χ3n) is 3.61. The predicted molar refractivity (Wildman–Crippen MR) is 69.5 cm³/mol. The van der Waals surface area contributed by atoms with Crippen molar-refractivity contribution in [2.24, 2.45) is 0 Å². The lowest BCUT2D eigenvalue weighted by molar-refractivity contribution is 0.282. The normalized spacial score (nSPS) is 23.5. The Balaban J connectivity index is 2.11. The van der Waals surface area contributed by atoms with E-state index in [0.717, 1.165) is 12.1 Å². The Morgan fingerprint density at radius 3 is 2.40 bits per heavy atom. The van der Waals surface area contributed by atoms with Gasteiger partial charge in [-0.15, -0.1) is 0 Å². The second kappa shape index (κ2) is 5.73. The number of hydrogen-bond donors (Lipinski definition) is 0. The topological polar surface area (TPSA) is 37.4 Å². The van der Waals surface area contributed by atoms with Gasteiger partial charge < -0.3 is 0 Å². The van der Waals surface area contributed by atoms with Crippen LogP contribution in [0.3, 0.4) is 0 Å². The molecule has 0 aliphatic carbocycles. The summed E-state index contributed by atoms with van der Waals surface area (Å²) in [7, 11) is -3.10. The van der Waals surface area contributed by atoms with Crippen LogP contribution in [-0.4, -0.2) is 37.4 Å². The molecule has 1 saturated heterocycles. The van der Waals surface area contributed by atoms with Gasteiger partial charge in [0.25, 0.3) is 0 Å². The van der Waals surface area contributed by atoms with Gasteiger partial charge in [0.2, 0.25) is 0 Å². The van der Waals surface area contributed by atoms with Gasteiger partial charge in [0.15, 0.2) is 27.3 Å². The predicted octanol–water partition coefficient (Wildman–Crippen LogP) is 2.11. The first-order valence-corrected chi connectivity index (χ1v) is 8.08. The van der Waals surface area contributed by atoms with Crippen LogP contribution >= 0.6 is 0 Å². The molecule has 0 N–H and O–H groups in total. The minimum absolute atomic E-state index is 0.0281. The molecule has 0 radical (unpaired) electrons. The minimum Gasteiger partial charge on any atom is -0.298 e. The maximum Gasteiger partial charge on any atom is 0.194 e. The molecular weight excluding hydrogens is 291 g/mol. The lowest BCUT2D eigenvalue weighted by Crippen LogP contribution is -2.26. The SMILES string of the molecule is C[C@H]1CCN(Cc2cc(F)c(F)c(F)c2)CCS1(=O)=O. The average molecular weight is 307 g/mol. The highest BCUT2D eigenvalue weighted by Crippen LogP contribution is 2.18. The van der Waals surface area contributed by atoms with Crippen LogP contribution in [0.1, 0.15) is 18.9 Å². The van der Waals surface area contributed by atoms with Gasteiger partial charge >= 0.3 is 0 Å². The van der Waals surface area contributed by atoms with Crippen molar-refractivity contribution < 1.29 is 21.6 Å². The largest absolute Gasteiger partial charge is 0.298 e. The standard InChI is InChI=1S/C13H16F3NO2S/c1-9-2-3-17(4-5-20(9,18)19)8-10-6-11(14)13(16)12(15)7-10/h6-7,9H,2-5,8H2,1H3/t9-/m0/s1. The van der Waals surface area contributed by atoms with Gasteiger partial charge in [0, 0.05) is 13.1 Å². The lowest BCUT2D eigenvalue weighted by atomic mass is 10.2. The van der Waals surface area contributed by atoms with Gasteiger partial charge in [0.1, 0.15) is 0 Å². The molecule has 0 amide bonds. The van der Waals surface area contributed by atoms with Crippen LogP contribution in [0.4, 0.5) is 13.2 Å². The Morgan fingerprint density at radius 2 is 1.80 bits per heavy atom. The molecule has 2 rings (SSSR count). The van der Waals surface area contributed by atoms with Gasteiger partial charge in [-0.2, -0.15) is 0 Å². The first-order valence-electron chi connectivity index (χ1n) is 6.37. The van der Waals surface area contributed by atoms with E-state index in [1.54, 1.807) is 6.92 Å². The van der Waals surface area contributed by atoms with E-state index in [0.29, 0.717) is 25.1 Å². The third-order valence-corrected chi connectivity index (χ3v) is 5.82. The van der Waals surface area contributed by atoms with Crippen molar-refractivity contribution in [2.75, 3.05) is 18.8 Å². The summed E-state index contributed by atoms with van der Waals surface area (Å²) in [6.07, 6.45) is 0.481. The Labute approximate surface area is 116 Å². The fourth-order valence-electron chi connectivity index (χ4n) is 2.23. The molecule has 3 nitrogen and oxygen atoms in total. The highest BCUT2D eigenvalue weighted by Gasteiger charge is 2.26. The molecule has 0 unspecified atom stereocenters. The van der Waals surface area contributed by atoms with E-state index in [9.17, 15) is 21.6 Å². The van der Waals surface area contributed by atoms with Crippen LogP contribution in [0.15, 0.2) is 12.1 Å². The Morgan fingerprint density at radius 1 is 1.20 bits per heavy atom. The summed E-state index contributed by atoms with van der Waals surface area (Å²) in [5.41, 5.74) is 0.299. The molecule has 7 heteroatoms. The summed E-state index contributed by atoms with van der Waals surface area (Å²) < 4.78 is 62.6. The van der Waals surface area contributed by atoms with Crippen LogP contribution in [0.25, 0.3) is 0 Å². The zero-order valence-corrected chi connectivity index (χ0v) is 11.9. The Kier molecular flexibility index (Phi) is 4.39. The molecule has 20 heavy (non-hydrogen) atoms. The molecule has 0 bridgehead atoms. The molecule has 0 aromatic heterocycles. The monoisotopic (exact) mass is 307 g/mol. The molecule has 1 heterocycles. The molecule has 1 aliphatic heterocycles. The fourth-order valence-corrected chi connectivity index (χ4v) is 3.61. The van der Waals surface area contributed by atoms with Crippen molar-refractivity contribution in [3.8, 4) is 0 Å². The molecule has 0 spiro atoms. The maximum atomic E-state index is 13.1. The molecular formula is C13H16F3NO2S. The summed E-state index contributed by atoms with van der Waals surface area (Å²) >= 11 is 0. The smallest absolute Gasteiger partial charge is 0.194 e. The van der Waals surface area contributed by atoms with E-state index in [1.807, 2.05) is 4.90 Å². The van der Waals surface area contributed by atoms with E-state index >= 15 is 0 Å². The number of rotatable bonds is 2. The summed E-state index contributed by atoms with van der Waals surface area (Å²) in [5, 5.41) is -0.408. The lowest BCUT2D eigenvalue weighted by Gasteiger charge is -2.19. The number of hydrogen-bond acceptors (Lipinski definition) is 3. The van der Waals surface area contributed by atoms with Crippen LogP contribution in [0, 0.1) is 17.5 Å². The van der Waals surface area contributed by atoms with Crippen molar-refractivity contribution >= 4 is 9.84 Å². The zero-order chi connectivity index (χ0) is 14.9. The molecule has 0 saturated carbocycles. The van der Waals surface area contributed by atoms with Crippen LogP contribution in [-0.2, 0) is 16.4 Å². The number of halogens is 3. The highest BCUT2D eigenvalue weighted by molar-refractivity contribution is 7.92. The van der Waals surface area contributed by atoms with E-state index < -0.39 is 32.5 Å². The summed E-state index contributed by atoms with van der Waals surface area (Å²) in [5.74, 6) is -3.91. The van der Waals surface area contributed by atoms with E-state index in [2.05, 4.69) is 0 Å². The number of nitrogens with zero attached hydrogens (tertiary/aromatic N) is 1. The van der Waals surface area contributed by atoms with Crippen molar-refractivity contribution in [1.82, 2.24) is 4.90 Å². The van der Waals surface area contributed by atoms with Crippen LogP contribution in [0.2, 0.25) is 0 Å². The van der Waals surface area contributed by atoms with E-state index in [1.165, 1.54) is 0 Å². The molecule has 1 atom stereocenters. The van der Waals surface area contributed by atoms with Gasteiger partial charge in [0.05, 0.1) is 11.0 Å². The average Bonchev–Trinajstić information content (AvgIpc) is 2.49.